The first-order valence-corrected chi connectivity index (χ1v) is 12.3. The lowest BCUT2D eigenvalue weighted by molar-refractivity contribution is 0.0938. The number of carbonyl (C=O) groups excluding carboxylic acids is 1. The second kappa shape index (κ2) is 9.20. The van der Waals surface area contributed by atoms with Crippen LogP contribution in [-0.4, -0.2) is 21.3 Å². The third-order valence-electron chi connectivity index (χ3n) is 6.10. The maximum atomic E-state index is 12.8. The van der Waals surface area contributed by atoms with Gasteiger partial charge in [0.05, 0.1) is 15.9 Å². The SMILES string of the molecule is CCc1ccc(-c2cn3c(n2)sc2cc(C(=O)N[C@H](C)CCc4ccccc4)ccc23)cc1. The number of benzene rings is 3. The first-order chi connectivity index (χ1) is 16.1. The molecule has 0 bridgehead atoms. The van der Waals surface area contributed by atoms with E-state index in [0.717, 1.165) is 45.7 Å². The van der Waals surface area contributed by atoms with Gasteiger partial charge in [-0.15, -0.1) is 0 Å². The lowest BCUT2D eigenvalue weighted by atomic mass is 10.1. The zero-order chi connectivity index (χ0) is 22.8. The van der Waals surface area contributed by atoms with Gasteiger partial charge in [0.25, 0.3) is 5.91 Å². The number of fused-ring (bicyclic) bond motifs is 3. The molecule has 1 amide bonds. The van der Waals surface area contributed by atoms with Crippen LogP contribution >= 0.6 is 11.3 Å². The third kappa shape index (κ3) is 4.55. The quantitative estimate of drug-likeness (QED) is 0.304. The van der Waals surface area contributed by atoms with Gasteiger partial charge in [0.15, 0.2) is 4.96 Å². The standard InChI is InChI=1S/C28H27N3OS/c1-3-20-11-13-22(14-12-20)24-18-31-25-16-15-23(17-26(25)33-28(31)30-24)27(32)29-19(2)9-10-21-7-5-4-6-8-21/h4-8,11-19H,3,9-10H2,1-2H3,(H,29,32)/t19-/m1/s1. The molecular weight excluding hydrogens is 426 g/mol. The molecular formula is C28H27N3OS. The Bertz CT molecular complexity index is 1400. The van der Waals surface area contributed by atoms with Gasteiger partial charge in [0.2, 0.25) is 0 Å². The maximum absolute atomic E-state index is 12.8. The summed E-state index contributed by atoms with van der Waals surface area (Å²) < 4.78 is 3.18. The van der Waals surface area contributed by atoms with E-state index in [1.807, 2.05) is 24.3 Å². The first-order valence-electron chi connectivity index (χ1n) is 11.5. The van der Waals surface area contributed by atoms with E-state index in [4.69, 9.17) is 4.98 Å². The van der Waals surface area contributed by atoms with Crippen LogP contribution in [0.5, 0.6) is 0 Å². The number of amides is 1. The average molecular weight is 454 g/mol. The molecule has 4 nitrogen and oxygen atoms in total. The van der Waals surface area contributed by atoms with E-state index in [9.17, 15) is 4.79 Å². The molecule has 5 rings (SSSR count). The van der Waals surface area contributed by atoms with E-state index < -0.39 is 0 Å². The molecule has 0 unspecified atom stereocenters. The van der Waals surface area contributed by atoms with Crippen LogP contribution in [0.4, 0.5) is 0 Å². The van der Waals surface area contributed by atoms with Gasteiger partial charge in [0, 0.05) is 23.4 Å². The summed E-state index contributed by atoms with van der Waals surface area (Å²) in [6.45, 7) is 4.22. The predicted molar refractivity (Wildman–Crippen MR) is 137 cm³/mol. The first kappa shape index (κ1) is 21.4. The van der Waals surface area contributed by atoms with Gasteiger partial charge in [-0.3, -0.25) is 9.20 Å². The Balaban J connectivity index is 1.31. The number of thiazole rings is 1. The molecule has 2 heterocycles. The molecule has 0 aliphatic rings. The minimum absolute atomic E-state index is 0.0276. The zero-order valence-corrected chi connectivity index (χ0v) is 19.7. The Morgan fingerprint density at radius 2 is 1.82 bits per heavy atom. The van der Waals surface area contributed by atoms with Crippen molar-refractivity contribution in [3.63, 3.8) is 0 Å². The van der Waals surface area contributed by atoms with Crippen molar-refractivity contribution in [2.75, 3.05) is 0 Å². The number of nitrogens with zero attached hydrogens (tertiary/aromatic N) is 2. The lowest BCUT2D eigenvalue weighted by Gasteiger charge is -2.14. The number of aromatic nitrogens is 2. The second-order valence-electron chi connectivity index (χ2n) is 8.51. The Morgan fingerprint density at radius 3 is 2.58 bits per heavy atom. The van der Waals surface area contributed by atoms with Gasteiger partial charge in [-0.25, -0.2) is 4.98 Å². The van der Waals surface area contributed by atoms with Crippen molar-refractivity contribution in [2.45, 2.75) is 39.2 Å². The Labute approximate surface area is 197 Å². The number of hydrogen-bond acceptors (Lipinski definition) is 3. The van der Waals surface area contributed by atoms with Crippen molar-refractivity contribution in [3.05, 3.63) is 95.7 Å². The topological polar surface area (TPSA) is 46.4 Å². The Kier molecular flexibility index (Phi) is 5.97. The van der Waals surface area contributed by atoms with Crippen LogP contribution in [0, 0.1) is 0 Å². The number of rotatable bonds is 7. The van der Waals surface area contributed by atoms with Crippen LogP contribution in [0.25, 0.3) is 26.4 Å². The molecule has 1 N–H and O–H groups in total. The molecule has 0 fully saturated rings. The molecule has 3 aromatic carbocycles. The van der Waals surface area contributed by atoms with Gasteiger partial charge >= 0.3 is 0 Å². The maximum Gasteiger partial charge on any atom is 0.251 e. The molecule has 5 heteroatoms. The molecule has 166 valence electrons. The van der Waals surface area contributed by atoms with E-state index >= 15 is 0 Å². The number of hydrogen-bond donors (Lipinski definition) is 1. The highest BCUT2D eigenvalue weighted by Crippen LogP contribution is 2.30. The molecule has 0 radical (unpaired) electrons. The summed E-state index contributed by atoms with van der Waals surface area (Å²) >= 11 is 1.61. The van der Waals surface area contributed by atoms with E-state index in [2.05, 4.69) is 78.3 Å². The molecule has 0 spiro atoms. The average Bonchev–Trinajstić information content (AvgIpc) is 3.41. The van der Waals surface area contributed by atoms with E-state index in [-0.39, 0.29) is 11.9 Å². The highest BCUT2D eigenvalue weighted by molar-refractivity contribution is 7.23. The fraction of sp³-hybridized carbons (Fsp3) is 0.214. The van der Waals surface area contributed by atoms with E-state index in [0.29, 0.717) is 5.56 Å². The third-order valence-corrected chi connectivity index (χ3v) is 7.12. The molecule has 0 aliphatic carbocycles. The minimum Gasteiger partial charge on any atom is -0.350 e. The Hall–Kier alpha value is -3.44. The fourth-order valence-corrected chi connectivity index (χ4v) is 5.15. The molecule has 0 saturated carbocycles. The number of carbonyl (C=O) groups is 1. The fourth-order valence-electron chi connectivity index (χ4n) is 4.10. The summed E-state index contributed by atoms with van der Waals surface area (Å²) in [4.78, 5) is 18.6. The van der Waals surface area contributed by atoms with Gasteiger partial charge < -0.3 is 5.32 Å². The summed E-state index contributed by atoms with van der Waals surface area (Å²) in [6.07, 6.45) is 4.98. The molecule has 33 heavy (non-hydrogen) atoms. The lowest BCUT2D eigenvalue weighted by Crippen LogP contribution is -2.32. The van der Waals surface area contributed by atoms with Crippen LogP contribution in [0.2, 0.25) is 0 Å². The summed E-state index contributed by atoms with van der Waals surface area (Å²) in [5, 5.41) is 3.14. The van der Waals surface area contributed by atoms with Crippen molar-refractivity contribution in [1.82, 2.24) is 14.7 Å². The van der Waals surface area contributed by atoms with Crippen molar-refractivity contribution < 1.29 is 4.79 Å². The van der Waals surface area contributed by atoms with Gasteiger partial charge in [-0.2, -0.15) is 0 Å². The van der Waals surface area contributed by atoms with Crippen LogP contribution in [0.15, 0.2) is 79.0 Å². The van der Waals surface area contributed by atoms with Crippen molar-refractivity contribution in [3.8, 4) is 11.3 Å². The molecule has 1 atom stereocenters. The zero-order valence-electron chi connectivity index (χ0n) is 18.9. The molecule has 0 saturated heterocycles. The van der Waals surface area contributed by atoms with Crippen LogP contribution in [0.1, 0.15) is 41.8 Å². The second-order valence-corrected chi connectivity index (χ2v) is 9.52. The smallest absolute Gasteiger partial charge is 0.251 e. The van der Waals surface area contributed by atoms with Crippen LogP contribution in [-0.2, 0) is 12.8 Å². The van der Waals surface area contributed by atoms with Crippen LogP contribution < -0.4 is 5.32 Å². The largest absolute Gasteiger partial charge is 0.350 e. The van der Waals surface area contributed by atoms with Gasteiger partial charge in [-0.1, -0.05) is 72.9 Å². The van der Waals surface area contributed by atoms with Gasteiger partial charge in [0.1, 0.15) is 0 Å². The summed E-state index contributed by atoms with van der Waals surface area (Å²) in [5.74, 6) is -0.0276. The van der Waals surface area contributed by atoms with Crippen molar-refractivity contribution >= 4 is 32.4 Å². The van der Waals surface area contributed by atoms with Gasteiger partial charge in [-0.05, 0) is 55.5 Å². The minimum atomic E-state index is -0.0276. The number of imidazole rings is 1. The molecule has 2 aromatic heterocycles. The summed E-state index contributed by atoms with van der Waals surface area (Å²) in [5.41, 5.74) is 6.48. The normalized spacial score (nSPS) is 12.3. The van der Waals surface area contributed by atoms with Crippen molar-refractivity contribution in [1.29, 1.82) is 0 Å². The van der Waals surface area contributed by atoms with Crippen molar-refractivity contribution in [2.24, 2.45) is 0 Å². The number of nitrogens with one attached hydrogen (secondary N) is 1. The highest BCUT2D eigenvalue weighted by Gasteiger charge is 2.14. The predicted octanol–water partition coefficient (Wildman–Crippen LogP) is 6.53. The van der Waals surface area contributed by atoms with E-state index in [1.54, 1.807) is 11.3 Å². The number of aryl methyl sites for hydroxylation is 2. The highest BCUT2D eigenvalue weighted by atomic mass is 32.1. The summed E-state index contributed by atoms with van der Waals surface area (Å²) in [7, 11) is 0. The van der Waals surface area contributed by atoms with E-state index in [1.165, 1.54) is 11.1 Å². The van der Waals surface area contributed by atoms with Crippen LogP contribution in [0.3, 0.4) is 0 Å². The molecule has 0 aliphatic heterocycles. The monoisotopic (exact) mass is 453 g/mol. The summed E-state index contributed by atoms with van der Waals surface area (Å²) in [6, 6.07) is 25.0. The Morgan fingerprint density at radius 1 is 1.03 bits per heavy atom. The molecule has 5 aromatic rings.